The van der Waals surface area contributed by atoms with Crippen molar-refractivity contribution in [1.29, 1.82) is 0 Å². The molecule has 0 spiro atoms. The molecule has 1 aliphatic heterocycles. The summed E-state index contributed by atoms with van der Waals surface area (Å²) in [5, 5.41) is 33.8. The van der Waals surface area contributed by atoms with Crippen molar-refractivity contribution in [3.05, 3.63) is 44.0 Å². The molecule has 0 bridgehead atoms. The fraction of sp³-hybridized carbons (Fsp3) is 0.815. The first kappa shape index (κ1) is 29.4. The van der Waals surface area contributed by atoms with Crippen molar-refractivity contribution in [2.45, 2.75) is 97.0 Å². The molecule has 0 amide bonds. The number of carbonyl (C=O) groups is 1. The van der Waals surface area contributed by atoms with Crippen molar-refractivity contribution in [2.75, 3.05) is 6.61 Å². The summed E-state index contributed by atoms with van der Waals surface area (Å²) in [5.74, 6) is -1.90. The number of hydroxylamine groups is 2. The van der Waals surface area contributed by atoms with Gasteiger partial charge in [-0.05, 0) is 87.2 Å². The van der Waals surface area contributed by atoms with E-state index in [1.54, 1.807) is 6.92 Å². The van der Waals surface area contributed by atoms with Gasteiger partial charge in [0.15, 0.2) is 11.5 Å². The van der Waals surface area contributed by atoms with Crippen LogP contribution in [0, 0.1) is 54.7 Å². The maximum absolute atomic E-state index is 17.8. The van der Waals surface area contributed by atoms with Crippen LogP contribution in [0.1, 0.15) is 73.6 Å². The van der Waals surface area contributed by atoms with E-state index in [0.29, 0.717) is 31.3 Å². The molecule has 3 aliphatic carbocycles. The van der Waals surface area contributed by atoms with E-state index in [-0.39, 0.29) is 36.7 Å². The standard InChI is InChI=1S/C27H40FN3O8/c1-16(2)23(26(15-38-30(34)35)12-9-17(3)29(26)33)24(5)14-22(39-31(36)37)27(28)21(18(24)4)8-7-19-13-20(32)10-11-25(19,27)6/h10-11,13,16-18,21-23,33H,7-9,12,14-15H2,1-6H3/t17?,18?,21?,22?,23?,24?,25?,26?,27-/m0/s1. The molecule has 4 aliphatic rings. The number of rotatable bonds is 8. The number of halogens is 1. The fourth-order valence-corrected chi connectivity index (χ4v) is 9.17. The zero-order chi connectivity index (χ0) is 29.1. The monoisotopic (exact) mass is 553 g/mol. The summed E-state index contributed by atoms with van der Waals surface area (Å²) in [6.07, 6.45) is 4.55. The molecule has 0 aromatic carbocycles. The highest BCUT2D eigenvalue weighted by Gasteiger charge is 2.71. The molecular weight excluding hydrogens is 513 g/mol. The minimum Gasteiger partial charge on any atom is -0.313 e. The Kier molecular flexibility index (Phi) is 7.38. The van der Waals surface area contributed by atoms with Gasteiger partial charge in [-0.25, -0.2) is 4.39 Å². The molecule has 9 atom stereocenters. The van der Waals surface area contributed by atoms with Gasteiger partial charge in [0.1, 0.15) is 12.7 Å². The van der Waals surface area contributed by atoms with Crippen LogP contribution < -0.4 is 0 Å². The summed E-state index contributed by atoms with van der Waals surface area (Å²) < 4.78 is 17.8. The number of hydrogen-bond acceptors (Lipinski definition) is 9. The molecule has 218 valence electrons. The highest BCUT2D eigenvalue weighted by molar-refractivity contribution is 6.01. The third-order valence-corrected chi connectivity index (χ3v) is 10.8. The molecule has 2 saturated carbocycles. The van der Waals surface area contributed by atoms with Gasteiger partial charge < -0.3 is 14.9 Å². The van der Waals surface area contributed by atoms with Gasteiger partial charge in [0.05, 0.1) is 5.54 Å². The first-order valence-electron chi connectivity index (χ1n) is 13.7. The lowest BCUT2D eigenvalue weighted by atomic mass is 9.42. The predicted octanol–water partition coefficient (Wildman–Crippen LogP) is 4.89. The van der Waals surface area contributed by atoms with Crippen LogP contribution in [0.2, 0.25) is 0 Å². The molecule has 0 aromatic rings. The Balaban J connectivity index is 1.87. The fourth-order valence-electron chi connectivity index (χ4n) is 9.17. The molecular formula is C27H40FN3O8. The molecule has 12 heteroatoms. The van der Waals surface area contributed by atoms with E-state index in [0.717, 1.165) is 5.06 Å². The minimum absolute atomic E-state index is 0.0575. The minimum atomic E-state index is -2.19. The quantitative estimate of drug-likeness (QED) is 0.328. The number of ketones is 1. The lowest BCUT2D eigenvalue weighted by Gasteiger charge is -2.65. The van der Waals surface area contributed by atoms with E-state index in [4.69, 9.17) is 9.68 Å². The van der Waals surface area contributed by atoms with E-state index in [1.807, 2.05) is 34.6 Å². The third kappa shape index (κ3) is 4.25. The summed E-state index contributed by atoms with van der Waals surface area (Å²) in [5.41, 5.74) is -4.87. The molecule has 0 radical (unpaired) electrons. The van der Waals surface area contributed by atoms with Crippen molar-refractivity contribution in [2.24, 2.45) is 34.5 Å². The van der Waals surface area contributed by atoms with Crippen molar-refractivity contribution in [3.63, 3.8) is 0 Å². The molecule has 4 rings (SSSR count). The number of fused-ring (bicyclic) bond motifs is 3. The summed E-state index contributed by atoms with van der Waals surface area (Å²) >= 11 is 0. The smallest absolute Gasteiger partial charge is 0.294 e. The van der Waals surface area contributed by atoms with Gasteiger partial charge in [0.25, 0.3) is 10.2 Å². The molecule has 11 nitrogen and oxygen atoms in total. The molecule has 3 fully saturated rings. The van der Waals surface area contributed by atoms with Gasteiger partial charge in [-0.2, -0.15) is 5.06 Å². The summed E-state index contributed by atoms with van der Waals surface area (Å²) in [7, 11) is 0. The van der Waals surface area contributed by atoms with Gasteiger partial charge in [-0.15, -0.1) is 20.2 Å². The Bertz CT molecular complexity index is 1100. The first-order valence-corrected chi connectivity index (χ1v) is 13.7. The maximum Gasteiger partial charge on any atom is 0.294 e. The highest BCUT2D eigenvalue weighted by Crippen LogP contribution is 2.68. The topological polar surface area (TPSA) is 145 Å². The van der Waals surface area contributed by atoms with Crippen LogP contribution in [0.15, 0.2) is 23.8 Å². The van der Waals surface area contributed by atoms with Gasteiger partial charge in [-0.3, -0.25) is 4.79 Å². The Labute approximate surface area is 227 Å². The van der Waals surface area contributed by atoms with Gasteiger partial charge in [-0.1, -0.05) is 39.3 Å². The van der Waals surface area contributed by atoms with Gasteiger partial charge in [0.2, 0.25) is 0 Å². The second-order valence-electron chi connectivity index (χ2n) is 12.9. The number of hydrogen-bond donors (Lipinski definition) is 1. The zero-order valence-electron chi connectivity index (χ0n) is 23.5. The Hall–Kier alpha value is -2.60. The molecule has 1 heterocycles. The van der Waals surface area contributed by atoms with Crippen molar-refractivity contribution < 1.29 is 34.2 Å². The summed E-state index contributed by atoms with van der Waals surface area (Å²) in [6, 6.07) is -0.290. The lowest BCUT2D eigenvalue weighted by molar-refractivity contribution is -0.775. The molecule has 0 aromatic heterocycles. The van der Waals surface area contributed by atoms with Gasteiger partial charge >= 0.3 is 0 Å². The Morgan fingerprint density at radius 3 is 2.41 bits per heavy atom. The zero-order valence-corrected chi connectivity index (χ0v) is 23.5. The normalized spacial score (nSPS) is 42.9. The lowest BCUT2D eigenvalue weighted by Crippen LogP contribution is -2.70. The Morgan fingerprint density at radius 2 is 1.87 bits per heavy atom. The van der Waals surface area contributed by atoms with E-state index in [1.165, 1.54) is 18.2 Å². The Morgan fingerprint density at radius 1 is 1.21 bits per heavy atom. The van der Waals surface area contributed by atoms with E-state index in [9.17, 15) is 30.2 Å². The number of nitrogens with zero attached hydrogens (tertiary/aromatic N) is 3. The summed E-state index contributed by atoms with van der Waals surface area (Å²) in [6.45, 7) is 10.9. The van der Waals surface area contributed by atoms with Crippen LogP contribution in [0.25, 0.3) is 0 Å². The van der Waals surface area contributed by atoms with Gasteiger partial charge in [0, 0.05) is 11.5 Å². The second kappa shape index (κ2) is 9.79. The van der Waals surface area contributed by atoms with Crippen LogP contribution >= 0.6 is 0 Å². The van der Waals surface area contributed by atoms with E-state index < -0.39 is 50.2 Å². The highest BCUT2D eigenvalue weighted by atomic mass is 19.1. The maximum atomic E-state index is 17.8. The molecule has 8 unspecified atom stereocenters. The van der Waals surface area contributed by atoms with Crippen molar-refractivity contribution in [3.8, 4) is 0 Å². The second-order valence-corrected chi connectivity index (χ2v) is 12.9. The molecule has 1 N–H and O–H groups in total. The van der Waals surface area contributed by atoms with Crippen molar-refractivity contribution in [1.82, 2.24) is 5.06 Å². The first-order chi connectivity index (χ1) is 18.0. The number of allylic oxidation sites excluding steroid dienone is 4. The summed E-state index contributed by atoms with van der Waals surface area (Å²) in [4.78, 5) is 45.4. The molecule has 1 saturated heterocycles. The predicted molar refractivity (Wildman–Crippen MR) is 137 cm³/mol. The third-order valence-electron chi connectivity index (χ3n) is 10.8. The largest absolute Gasteiger partial charge is 0.313 e. The SMILES string of the molecule is CC(C)C(C1(C)CC(O[N+](=O)[O-])[C@@]2(F)C(CCC3=CC(=O)C=CC32C)C1C)C1(CO[N+](=O)[O-])CCC(C)N1O. The van der Waals surface area contributed by atoms with Crippen LogP contribution in [0.4, 0.5) is 4.39 Å². The van der Waals surface area contributed by atoms with Crippen LogP contribution in [0.5, 0.6) is 0 Å². The molecule has 39 heavy (non-hydrogen) atoms. The number of carbonyl (C=O) groups excluding carboxylic acids is 1. The number of alkyl halides is 1. The van der Waals surface area contributed by atoms with Crippen LogP contribution in [0.3, 0.4) is 0 Å². The average molecular weight is 554 g/mol. The van der Waals surface area contributed by atoms with E-state index >= 15 is 4.39 Å². The van der Waals surface area contributed by atoms with Crippen molar-refractivity contribution >= 4 is 5.78 Å². The van der Waals surface area contributed by atoms with E-state index in [2.05, 4.69) is 0 Å². The van der Waals surface area contributed by atoms with Crippen LogP contribution in [-0.4, -0.2) is 56.2 Å². The average Bonchev–Trinajstić information content (AvgIpc) is 3.11. The van der Waals surface area contributed by atoms with Crippen LogP contribution in [-0.2, 0) is 14.5 Å².